The van der Waals surface area contributed by atoms with Crippen LogP contribution in [0.3, 0.4) is 0 Å². The largest absolute Gasteiger partial charge is 0.491 e. The molecule has 1 amide bonds. The molecule has 0 saturated carbocycles. The number of nitrogens with zero attached hydrogens (tertiary/aromatic N) is 5. The number of anilines is 1. The minimum atomic E-state index is -0.131. The minimum absolute atomic E-state index is 0.0948. The van der Waals surface area contributed by atoms with Crippen LogP contribution in [-0.4, -0.2) is 70.4 Å². The van der Waals surface area contributed by atoms with Crippen molar-refractivity contribution in [3.63, 3.8) is 0 Å². The Morgan fingerprint density at radius 3 is 2.67 bits per heavy atom. The molecule has 1 aliphatic rings. The zero-order chi connectivity index (χ0) is 23.2. The van der Waals surface area contributed by atoms with Crippen molar-refractivity contribution in [3.05, 3.63) is 36.0 Å². The first kappa shape index (κ1) is 23.3. The van der Waals surface area contributed by atoms with Crippen LogP contribution < -0.4 is 15.0 Å². The van der Waals surface area contributed by atoms with Gasteiger partial charge in [0.1, 0.15) is 11.6 Å². The molecule has 1 aliphatic heterocycles. The number of hydrogen-bond acceptors (Lipinski definition) is 8. The zero-order valence-corrected chi connectivity index (χ0v) is 20.1. The first-order chi connectivity index (χ1) is 16.0. The quantitative estimate of drug-likeness (QED) is 0.377. The Labute approximate surface area is 197 Å². The van der Waals surface area contributed by atoms with Crippen LogP contribution in [0.1, 0.15) is 31.1 Å². The Hall–Kier alpha value is -2.85. The van der Waals surface area contributed by atoms with Crippen molar-refractivity contribution in [2.45, 2.75) is 38.6 Å². The molecule has 1 fully saturated rings. The van der Waals surface area contributed by atoms with Crippen molar-refractivity contribution in [1.82, 2.24) is 25.1 Å². The Morgan fingerprint density at radius 2 is 1.97 bits per heavy atom. The van der Waals surface area contributed by atoms with Crippen LogP contribution >= 0.6 is 11.8 Å². The van der Waals surface area contributed by atoms with Crippen molar-refractivity contribution in [2.24, 2.45) is 0 Å². The number of morpholine rings is 1. The Kier molecular flexibility index (Phi) is 7.66. The fourth-order valence-corrected chi connectivity index (χ4v) is 4.19. The number of thioether (sulfide) groups is 1. The number of carbonyl (C=O) groups excluding carboxylic acids is 1. The van der Waals surface area contributed by atoms with Gasteiger partial charge in [0.15, 0.2) is 10.8 Å². The van der Waals surface area contributed by atoms with Crippen LogP contribution in [0.5, 0.6) is 5.75 Å². The number of hydrogen-bond donors (Lipinski definition) is 1. The summed E-state index contributed by atoms with van der Waals surface area (Å²) < 4.78 is 13.0. The molecule has 0 atom stereocenters. The van der Waals surface area contributed by atoms with E-state index in [0.717, 1.165) is 46.6 Å². The molecule has 1 aromatic carbocycles. The molecule has 0 radical (unpaired) electrons. The lowest BCUT2D eigenvalue weighted by atomic mass is 10.2. The molecule has 4 rings (SSSR count). The number of fused-ring (bicyclic) bond motifs is 1. The summed E-state index contributed by atoms with van der Waals surface area (Å²) in [4.78, 5) is 24.3. The summed E-state index contributed by atoms with van der Waals surface area (Å²) >= 11 is 1.61. The number of aromatic nitrogens is 4. The van der Waals surface area contributed by atoms with E-state index in [1.54, 1.807) is 23.9 Å². The SMILES string of the molecule is CCSc1nc(N2CCOCC2)c2cnn(CCNC(=O)c3ccc(OC(C)C)cc3)c2n1. The van der Waals surface area contributed by atoms with E-state index < -0.39 is 0 Å². The molecule has 3 aromatic rings. The van der Waals surface area contributed by atoms with E-state index in [1.807, 2.05) is 36.9 Å². The summed E-state index contributed by atoms with van der Waals surface area (Å²) in [5, 5.41) is 9.16. The van der Waals surface area contributed by atoms with Gasteiger partial charge < -0.3 is 19.7 Å². The fraction of sp³-hybridized carbons (Fsp3) is 0.478. The van der Waals surface area contributed by atoms with Gasteiger partial charge in [0.25, 0.3) is 5.91 Å². The van der Waals surface area contributed by atoms with Crippen molar-refractivity contribution < 1.29 is 14.3 Å². The van der Waals surface area contributed by atoms with E-state index in [2.05, 4.69) is 22.2 Å². The lowest BCUT2D eigenvalue weighted by Gasteiger charge is -2.28. The molecular formula is C23H30N6O3S. The van der Waals surface area contributed by atoms with Gasteiger partial charge in [-0.3, -0.25) is 4.79 Å². The van der Waals surface area contributed by atoms with Crippen LogP contribution in [-0.2, 0) is 11.3 Å². The third-order valence-electron chi connectivity index (χ3n) is 5.14. The van der Waals surface area contributed by atoms with Gasteiger partial charge in [0, 0.05) is 25.2 Å². The summed E-state index contributed by atoms with van der Waals surface area (Å²) in [5.74, 6) is 2.41. The maximum atomic E-state index is 12.5. The van der Waals surface area contributed by atoms with E-state index in [4.69, 9.17) is 19.4 Å². The van der Waals surface area contributed by atoms with Crippen LogP contribution in [0.15, 0.2) is 35.6 Å². The van der Waals surface area contributed by atoms with Crippen molar-refractivity contribution in [3.8, 4) is 5.75 Å². The highest BCUT2D eigenvalue weighted by Crippen LogP contribution is 2.27. The summed E-state index contributed by atoms with van der Waals surface area (Å²) in [6.45, 7) is 9.94. The second-order valence-electron chi connectivity index (χ2n) is 7.91. The standard InChI is InChI=1S/C23H30N6O3S/c1-4-33-23-26-20(28-11-13-31-14-12-28)19-15-25-29(21(19)27-23)10-9-24-22(30)17-5-7-18(8-6-17)32-16(2)3/h5-8,15-16H,4,9-14H2,1-3H3,(H,24,30). The molecule has 2 aromatic heterocycles. The van der Waals surface area contributed by atoms with Gasteiger partial charge >= 0.3 is 0 Å². The second kappa shape index (κ2) is 10.8. The molecule has 1 N–H and O–H groups in total. The zero-order valence-electron chi connectivity index (χ0n) is 19.3. The molecule has 10 heteroatoms. The van der Waals surface area contributed by atoms with E-state index in [9.17, 15) is 4.79 Å². The smallest absolute Gasteiger partial charge is 0.251 e. The van der Waals surface area contributed by atoms with Gasteiger partial charge in [-0.15, -0.1) is 0 Å². The molecule has 33 heavy (non-hydrogen) atoms. The van der Waals surface area contributed by atoms with Crippen molar-refractivity contribution >= 4 is 34.5 Å². The van der Waals surface area contributed by atoms with Gasteiger partial charge in [-0.05, 0) is 43.9 Å². The number of ether oxygens (including phenoxy) is 2. The van der Waals surface area contributed by atoms with E-state index in [-0.39, 0.29) is 12.0 Å². The van der Waals surface area contributed by atoms with Crippen molar-refractivity contribution in [2.75, 3.05) is 43.5 Å². The first-order valence-corrected chi connectivity index (χ1v) is 12.3. The topological polar surface area (TPSA) is 94.4 Å². The highest BCUT2D eigenvalue weighted by molar-refractivity contribution is 7.99. The molecule has 0 aliphatic carbocycles. The van der Waals surface area contributed by atoms with Crippen LogP contribution in [0.4, 0.5) is 5.82 Å². The Balaban J connectivity index is 1.45. The summed E-state index contributed by atoms with van der Waals surface area (Å²) in [7, 11) is 0. The maximum absolute atomic E-state index is 12.5. The normalized spacial score (nSPS) is 14.1. The molecule has 0 unspecified atom stereocenters. The molecule has 3 heterocycles. The van der Waals surface area contributed by atoms with E-state index in [0.29, 0.717) is 31.9 Å². The molecule has 1 saturated heterocycles. The van der Waals surface area contributed by atoms with Crippen LogP contribution in [0.2, 0.25) is 0 Å². The number of amides is 1. The van der Waals surface area contributed by atoms with Gasteiger partial charge in [0.2, 0.25) is 0 Å². The fourth-order valence-electron chi connectivity index (χ4n) is 3.63. The number of nitrogens with one attached hydrogen (secondary N) is 1. The van der Waals surface area contributed by atoms with Crippen LogP contribution in [0.25, 0.3) is 11.0 Å². The minimum Gasteiger partial charge on any atom is -0.491 e. The van der Waals surface area contributed by atoms with Crippen LogP contribution in [0, 0.1) is 0 Å². The van der Waals surface area contributed by atoms with Gasteiger partial charge in [0.05, 0.1) is 37.4 Å². The number of rotatable bonds is 9. The predicted molar refractivity (Wildman–Crippen MR) is 129 cm³/mol. The number of benzene rings is 1. The average molecular weight is 471 g/mol. The maximum Gasteiger partial charge on any atom is 0.251 e. The lowest BCUT2D eigenvalue weighted by Crippen LogP contribution is -2.37. The van der Waals surface area contributed by atoms with Crippen molar-refractivity contribution in [1.29, 1.82) is 0 Å². The monoisotopic (exact) mass is 470 g/mol. The summed E-state index contributed by atoms with van der Waals surface area (Å²) in [5.41, 5.74) is 1.38. The Bertz CT molecular complexity index is 1080. The second-order valence-corrected chi connectivity index (χ2v) is 9.15. The third-order valence-corrected chi connectivity index (χ3v) is 5.87. The lowest BCUT2D eigenvalue weighted by molar-refractivity contribution is 0.0952. The highest BCUT2D eigenvalue weighted by Gasteiger charge is 2.20. The molecule has 176 valence electrons. The average Bonchev–Trinajstić information content (AvgIpc) is 3.22. The molecule has 0 bridgehead atoms. The Morgan fingerprint density at radius 1 is 1.21 bits per heavy atom. The molecular weight excluding hydrogens is 440 g/mol. The van der Waals surface area contributed by atoms with E-state index in [1.165, 1.54) is 0 Å². The van der Waals surface area contributed by atoms with Gasteiger partial charge in [-0.25, -0.2) is 14.6 Å². The number of carbonyl (C=O) groups is 1. The summed E-state index contributed by atoms with van der Waals surface area (Å²) in [6.07, 6.45) is 1.91. The van der Waals surface area contributed by atoms with E-state index >= 15 is 0 Å². The molecule has 0 spiro atoms. The highest BCUT2D eigenvalue weighted by atomic mass is 32.2. The van der Waals surface area contributed by atoms with Gasteiger partial charge in [-0.1, -0.05) is 18.7 Å². The molecule has 9 nitrogen and oxygen atoms in total. The third kappa shape index (κ3) is 5.75. The predicted octanol–water partition coefficient (Wildman–Crippen LogP) is 2.99. The first-order valence-electron chi connectivity index (χ1n) is 11.3. The van der Waals surface area contributed by atoms with Gasteiger partial charge in [-0.2, -0.15) is 5.10 Å². The summed E-state index contributed by atoms with van der Waals surface area (Å²) in [6, 6.07) is 7.17.